The summed E-state index contributed by atoms with van der Waals surface area (Å²) in [6.07, 6.45) is 0. The maximum absolute atomic E-state index is 12.6. The Labute approximate surface area is 155 Å². The Kier molecular flexibility index (Phi) is 4.09. The van der Waals surface area contributed by atoms with Crippen LogP contribution in [0.15, 0.2) is 58.3 Å². The zero-order valence-corrected chi connectivity index (χ0v) is 15.1. The van der Waals surface area contributed by atoms with Crippen molar-refractivity contribution in [2.24, 2.45) is 0 Å². The molecule has 0 N–H and O–H groups in total. The lowest BCUT2D eigenvalue weighted by Gasteiger charge is -2.40. The zero-order chi connectivity index (χ0) is 22.6. The second-order valence-corrected chi connectivity index (χ2v) is 10.5. The predicted octanol–water partition coefficient (Wildman–Crippen LogP) is 8.00. The number of carbonyl (C=O) groups is 2. The third kappa shape index (κ3) is 5.79. The van der Waals surface area contributed by atoms with Crippen LogP contribution in [0.4, 0.5) is 38.9 Å². The molecule has 0 aromatic heterocycles. The van der Waals surface area contributed by atoms with E-state index in [-0.39, 0.29) is 24.3 Å². The van der Waals surface area contributed by atoms with Gasteiger partial charge < -0.3 is 4.74 Å². The van der Waals surface area contributed by atoms with Crippen molar-refractivity contribution < 1.29 is 53.2 Å². The summed E-state index contributed by atoms with van der Waals surface area (Å²) in [5.74, 6) is -3.22. The van der Waals surface area contributed by atoms with Gasteiger partial charge in [0, 0.05) is 0 Å². The molecule has 0 saturated carbocycles. The van der Waals surface area contributed by atoms with Crippen molar-refractivity contribution in [2.75, 3.05) is 0 Å². The number of hydrogen-bond acceptors (Lipinski definition) is 3. The van der Waals surface area contributed by atoms with Crippen LogP contribution < -0.4 is 0 Å². The van der Waals surface area contributed by atoms with E-state index in [9.17, 15) is 48.4 Å². The molecule has 0 bridgehead atoms. The molecule has 15 heteroatoms. The monoisotopic (exact) mass is 478 g/mol. The van der Waals surface area contributed by atoms with Gasteiger partial charge in [0.2, 0.25) is 0 Å². The summed E-state index contributed by atoms with van der Waals surface area (Å²) in [5, 5.41) is 0. The number of ether oxygens (including phenoxy) is 1. The summed E-state index contributed by atoms with van der Waals surface area (Å²) < 4.78 is 130. The minimum Gasteiger partial charge on any atom is -0.386 e. The van der Waals surface area contributed by atoms with Gasteiger partial charge in [-0.25, -0.2) is 9.59 Å². The summed E-state index contributed by atoms with van der Waals surface area (Å²) in [5.41, 5.74) is -1.51. The highest BCUT2D eigenvalue weighted by Crippen LogP contribution is 3.02. The number of esters is 2. The number of benzene rings is 2. The van der Waals surface area contributed by atoms with Gasteiger partial charge in [0.1, 0.15) is 9.79 Å². The molecule has 0 spiro atoms. The molecule has 0 amide bonds. The minimum atomic E-state index is -9.99. The van der Waals surface area contributed by atoms with Crippen LogP contribution in [-0.2, 0) is 4.74 Å². The van der Waals surface area contributed by atoms with Crippen LogP contribution >= 0.6 is 20.4 Å². The fourth-order valence-corrected chi connectivity index (χ4v) is 3.20. The lowest BCUT2D eigenvalue weighted by molar-refractivity contribution is 0.0397. The summed E-state index contributed by atoms with van der Waals surface area (Å²) in [4.78, 5) is 18.7. The van der Waals surface area contributed by atoms with Crippen LogP contribution in [0, 0.1) is 0 Å². The van der Waals surface area contributed by atoms with Crippen LogP contribution in [0.2, 0.25) is 0 Å². The van der Waals surface area contributed by atoms with E-state index >= 15 is 0 Å². The second-order valence-electron chi connectivity index (χ2n) is 5.66. The van der Waals surface area contributed by atoms with Gasteiger partial charge >= 0.3 is 32.4 Å². The van der Waals surface area contributed by atoms with E-state index in [2.05, 4.69) is 4.74 Å². The van der Waals surface area contributed by atoms with Crippen LogP contribution in [-0.4, -0.2) is 11.9 Å². The third-order valence-electron chi connectivity index (χ3n) is 3.26. The maximum atomic E-state index is 12.6. The molecule has 2 rings (SSSR count). The largest absolute Gasteiger partial charge is 0.386 e. The van der Waals surface area contributed by atoms with E-state index < -0.39 is 53.3 Å². The number of halogens is 10. The van der Waals surface area contributed by atoms with Gasteiger partial charge in [-0.2, -0.15) is 0 Å². The molecule has 0 fully saturated rings. The highest BCUT2D eigenvalue weighted by atomic mass is 32.5. The van der Waals surface area contributed by atoms with Crippen LogP contribution in [0.5, 0.6) is 0 Å². The van der Waals surface area contributed by atoms with E-state index in [0.717, 1.165) is 0 Å². The number of rotatable bonds is 4. The van der Waals surface area contributed by atoms with E-state index in [4.69, 9.17) is 0 Å². The highest BCUT2D eigenvalue weighted by Gasteiger charge is 2.66. The van der Waals surface area contributed by atoms with E-state index in [1.165, 1.54) is 0 Å². The first-order valence-corrected chi connectivity index (χ1v) is 10.8. The molecule has 0 heterocycles. The van der Waals surface area contributed by atoms with Gasteiger partial charge in [-0.15, -0.1) is 0 Å². The third-order valence-corrected chi connectivity index (χ3v) is 5.58. The molecule has 0 radical (unpaired) electrons. The zero-order valence-electron chi connectivity index (χ0n) is 13.4. The number of carbonyl (C=O) groups excluding carboxylic acids is 2. The lowest BCUT2D eigenvalue weighted by atomic mass is 10.2. The second kappa shape index (κ2) is 5.19. The number of hydrogen-bond donors (Lipinski definition) is 0. The first-order valence-electron chi connectivity index (χ1n) is 6.91. The van der Waals surface area contributed by atoms with E-state index in [1.54, 1.807) is 0 Å². The van der Waals surface area contributed by atoms with Crippen molar-refractivity contribution in [1.29, 1.82) is 0 Å². The summed E-state index contributed by atoms with van der Waals surface area (Å²) >= 11 is 0. The predicted molar refractivity (Wildman–Crippen MR) is 85.4 cm³/mol. The van der Waals surface area contributed by atoms with Crippen LogP contribution in [0.3, 0.4) is 0 Å². The topological polar surface area (TPSA) is 43.4 Å². The Bertz CT molecular complexity index is 911. The Morgan fingerprint density at radius 1 is 0.517 bits per heavy atom. The van der Waals surface area contributed by atoms with Crippen molar-refractivity contribution >= 4 is 32.4 Å². The Morgan fingerprint density at radius 2 is 0.759 bits per heavy atom. The summed E-state index contributed by atoms with van der Waals surface area (Å²) in [6, 6.07) is 0.691. The van der Waals surface area contributed by atoms with Gasteiger partial charge in [-0.3, -0.25) is 0 Å². The Morgan fingerprint density at radius 3 is 0.966 bits per heavy atom. The quantitative estimate of drug-likeness (QED) is 0.254. The van der Waals surface area contributed by atoms with Crippen molar-refractivity contribution in [3.63, 3.8) is 0 Å². The Balaban J connectivity index is 2.19. The SMILES string of the molecule is O=C(OC(=O)c1ccc(S(F)(F)(F)(F)F)cc1)c1ccc(S(F)(F)(F)(F)F)cc1. The van der Waals surface area contributed by atoms with E-state index in [1.807, 2.05) is 0 Å². The molecule has 29 heavy (non-hydrogen) atoms. The molecule has 2 aromatic rings. The summed E-state index contributed by atoms with van der Waals surface area (Å²) in [6.45, 7) is 0. The van der Waals surface area contributed by atoms with Gasteiger partial charge in [0.25, 0.3) is 0 Å². The highest BCUT2D eigenvalue weighted by molar-refractivity contribution is 8.46. The fraction of sp³-hybridized carbons (Fsp3) is 0. The molecule has 0 unspecified atom stereocenters. The smallest absolute Gasteiger partial charge is 0.346 e. The van der Waals surface area contributed by atoms with Gasteiger partial charge in [0.15, 0.2) is 0 Å². The molecule has 0 aliphatic rings. The van der Waals surface area contributed by atoms with E-state index in [0.29, 0.717) is 24.3 Å². The average molecular weight is 478 g/mol. The summed E-state index contributed by atoms with van der Waals surface area (Å²) in [7, 11) is -20.0. The van der Waals surface area contributed by atoms with Gasteiger partial charge in [-0.05, 0) is 48.5 Å². The normalized spacial score (nSPS) is 17.3. The average Bonchev–Trinajstić information content (AvgIpc) is 2.51. The molecular formula is C14H8F10O3S2. The Hall–Kier alpha value is -2.42. The van der Waals surface area contributed by atoms with Crippen molar-refractivity contribution in [3.8, 4) is 0 Å². The molecule has 0 atom stereocenters. The van der Waals surface area contributed by atoms with Gasteiger partial charge in [0.05, 0.1) is 11.1 Å². The van der Waals surface area contributed by atoms with Crippen LogP contribution in [0.1, 0.15) is 20.7 Å². The molecule has 164 valence electrons. The van der Waals surface area contributed by atoms with Crippen molar-refractivity contribution in [1.82, 2.24) is 0 Å². The first kappa shape index (κ1) is 22.9. The van der Waals surface area contributed by atoms with Gasteiger partial charge in [-0.1, -0.05) is 38.9 Å². The van der Waals surface area contributed by atoms with Crippen LogP contribution in [0.25, 0.3) is 0 Å². The molecule has 0 aliphatic carbocycles. The lowest BCUT2D eigenvalue weighted by Crippen LogP contribution is -2.14. The molecule has 2 aromatic carbocycles. The first-order chi connectivity index (χ1) is 12.5. The fourth-order valence-electron chi connectivity index (χ4n) is 1.90. The molecule has 0 saturated heterocycles. The minimum absolute atomic E-state index is 0.119. The maximum Gasteiger partial charge on any atom is 0.346 e. The van der Waals surface area contributed by atoms with Crippen molar-refractivity contribution in [3.05, 3.63) is 59.7 Å². The van der Waals surface area contributed by atoms with Crippen molar-refractivity contribution in [2.45, 2.75) is 9.79 Å². The molecular weight excluding hydrogens is 470 g/mol. The molecule has 0 aliphatic heterocycles. The standard InChI is InChI=1S/C14H8F10O3S2/c15-28(16,17,18,19)11-5-1-9(2-6-11)13(25)27-14(26)10-3-7-12(8-4-10)29(20,21,22,23)24/h1-8H. The molecule has 3 nitrogen and oxygen atoms in total.